The highest BCUT2D eigenvalue weighted by atomic mass is 79.9. The predicted molar refractivity (Wildman–Crippen MR) is 79.4 cm³/mol. The number of benzene rings is 2. The van der Waals surface area contributed by atoms with E-state index < -0.39 is 0 Å². The van der Waals surface area contributed by atoms with E-state index in [0.29, 0.717) is 21.4 Å². The molecule has 0 saturated heterocycles. The summed E-state index contributed by atoms with van der Waals surface area (Å²) in [4.78, 5) is 0. The largest absolute Gasteiger partial charge is 0.380 e. The molecule has 0 unspecified atom stereocenters. The van der Waals surface area contributed by atoms with Crippen molar-refractivity contribution in [1.29, 1.82) is 0 Å². The van der Waals surface area contributed by atoms with Gasteiger partial charge in [0.2, 0.25) is 0 Å². The van der Waals surface area contributed by atoms with Gasteiger partial charge < -0.3 is 10.3 Å². The monoisotopic (exact) mass is 332 g/mol. The van der Waals surface area contributed by atoms with Crippen molar-refractivity contribution in [1.82, 2.24) is 5.16 Å². The smallest absolute Gasteiger partial charge is 0.177 e. The van der Waals surface area contributed by atoms with Gasteiger partial charge in [0.05, 0.1) is 10.0 Å². The van der Waals surface area contributed by atoms with E-state index in [0.717, 1.165) is 5.56 Å². The molecular formula is C15H10BrFN2O. The van der Waals surface area contributed by atoms with E-state index in [1.165, 1.54) is 6.07 Å². The Morgan fingerprint density at radius 2 is 1.80 bits per heavy atom. The molecule has 3 nitrogen and oxygen atoms in total. The third-order valence-corrected chi connectivity index (χ3v) is 3.61. The molecule has 0 aliphatic carbocycles. The first-order chi connectivity index (χ1) is 9.66. The van der Waals surface area contributed by atoms with Crippen LogP contribution in [0, 0.1) is 5.82 Å². The maximum Gasteiger partial charge on any atom is 0.177 e. The van der Waals surface area contributed by atoms with Crippen molar-refractivity contribution in [3.8, 4) is 22.5 Å². The van der Waals surface area contributed by atoms with E-state index in [2.05, 4.69) is 21.1 Å². The maximum atomic E-state index is 13.7. The quantitative estimate of drug-likeness (QED) is 0.752. The molecule has 1 heterocycles. The van der Waals surface area contributed by atoms with Gasteiger partial charge in [-0.15, -0.1) is 0 Å². The van der Waals surface area contributed by atoms with Gasteiger partial charge in [-0.3, -0.25) is 0 Å². The zero-order valence-corrected chi connectivity index (χ0v) is 11.9. The summed E-state index contributed by atoms with van der Waals surface area (Å²) in [7, 11) is 0. The molecule has 0 fully saturated rings. The normalized spacial score (nSPS) is 10.7. The Morgan fingerprint density at radius 3 is 2.50 bits per heavy atom. The number of nitrogens with zero attached hydrogens (tertiary/aromatic N) is 1. The van der Waals surface area contributed by atoms with Crippen LogP contribution in [0.2, 0.25) is 0 Å². The summed E-state index contributed by atoms with van der Waals surface area (Å²) in [6.45, 7) is 0. The Balaban J connectivity index is 2.18. The van der Waals surface area contributed by atoms with E-state index in [1.807, 2.05) is 30.3 Å². The summed E-state index contributed by atoms with van der Waals surface area (Å²) < 4.78 is 19.3. The molecule has 0 spiro atoms. The summed E-state index contributed by atoms with van der Waals surface area (Å²) in [6.07, 6.45) is 0. The number of hydrogen-bond donors (Lipinski definition) is 1. The van der Waals surface area contributed by atoms with Crippen molar-refractivity contribution in [3.63, 3.8) is 0 Å². The Kier molecular flexibility index (Phi) is 3.28. The second kappa shape index (κ2) is 5.09. The molecule has 3 aromatic rings. The van der Waals surface area contributed by atoms with E-state index in [1.54, 1.807) is 12.1 Å². The van der Waals surface area contributed by atoms with Crippen molar-refractivity contribution in [3.05, 3.63) is 58.8 Å². The molecule has 0 saturated carbocycles. The van der Waals surface area contributed by atoms with Crippen LogP contribution in [0.1, 0.15) is 0 Å². The number of nitrogens with two attached hydrogens (primary N) is 1. The van der Waals surface area contributed by atoms with Crippen LogP contribution in [-0.2, 0) is 0 Å². The van der Waals surface area contributed by atoms with Gasteiger partial charge in [-0.05, 0) is 39.7 Å². The number of halogens is 2. The zero-order chi connectivity index (χ0) is 14.1. The molecule has 2 aromatic carbocycles. The van der Waals surface area contributed by atoms with Crippen molar-refractivity contribution in [2.45, 2.75) is 0 Å². The summed E-state index contributed by atoms with van der Waals surface area (Å²) >= 11 is 3.12. The molecule has 20 heavy (non-hydrogen) atoms. The average Bonchev–Trinajstić information content (AvgIpc) is 2.85. The molecule has 0 atom stereocenters. The number of rotatable bonds is 2. The van der Waals surface area contributed by atoms with Crippen LogP contribution in [0.15, 0.2) is 57.5 Å². The second-order valence-corrected chi connectivity index (χ2v) is 5.12. The SMILES string of the molecule is Nc1noc(-c2ccc(Br)c(F)c2)c1-c1ccccc1. The number of nitrogen functional groups attached to an aromatic ring is 1. The highest BCUT2D eigenvalue weighted by Crippen LogP contribution is 2.37. The van der Waals surface area contributed by atoms with E-state index in [4.69, 9.17) is 10.3 Å². The van der Waals surface area contributed by atoms with Crippen molar-refractivity contribution >= 4 is 21.7 Å². The molecule has 0 amide bonds. The Hall–Kier alpha value is -2.14. The van der Waals surface area contributed by atoms with Gasteiger partial charge in [0.15, 0.2) is 11.6 Å². The fourth-order valence-corrected chi connectivity index (χ4v) is 2.27. The lowest BCUT2D eigenvalue weighted by Crippen LogP contribution is -1.89. The van der Waals surface area contributed by atoms with Gasteiger partial charge in [0, 0.05) is 5.56 Å². The van der Waals surface area contributed by atoms with Gasteiger partial charge >= 0.3 is 0 Å². The lowest BCUT2D eigenvalue weighted by atomic mass is 10.0. The number of hydrogen-bond acceptors (Lipinski definition) is 3. The minimum Gasteiger partial charge on any atom is -0.380 e. The van der Waals surface area contributed by atoms with Crippen molar-refractivity contribution in [2.75, 3.05) is 5.73 Å². The predicted octanol–water partition coefficient (Wildman–Crippen LogP) is 4.49. The molecule has 0 radical (unpaired) electrons. The maximum absolute atomic E-state index is 13.7. The third kappa shape index (κ3) is 2.20. The highest BCUT2D eigenvalue weighted by molar-refractivity contribution is 9.10. The topological polar surface area (TPSA) is 52.0 Å². The summed E-state index contributed by atoms with van der Waals surface area (Å²) in [5.74, 6) is 0.381. The number of anilines is 1. The Bertz CT molecular complexity index is 756. The summed E-state index contributed by atoms with van der Waals surface area (Å²) in [6, 6.07) is 14.3. The standard InChI is InChI=1S/C15H10BrFN2O/c16-11-7-6-10(8-12(11)17)14-13(15(18)19-20-14)9-4-2-1-3-5-9/h1-8H,(H2,18,19). The lowest BCUT2D eigenvalue weighted by Gasteiger charge is -2.03. The van der Waals surface area contributed by atoms with Crippen molar-refractivity contribution < 1.29 is 8.91 Å². The molecule has 0 aliphatic heterocycles. The molecule has 5 heteroatoms. The average molecular weight is 333 g/mol. The van der Waals surface area contributed by atoms with Gasteiger partial charge in [-0.1, -0.05) is 35.5 Å². The number of aromatic nitrogens is 1. The third-order valence-electron chi connectivity index (χ3n) is 2.96. The van der Waals surface area contributed by atoms with E-state index >= 15 is 0 Å². The van der Waals surface area contributed by atoms with Gasteiger partial charge in [0.1, 0.15) is 5.82 Å². The molecule has 0 bridgehead atoms. The van der Waals surface area contributed by atoms with Crippen LogP contribution in [0.25, 0.3) is 22.5 Å². The fourth-order valence-electron chi connectivity index (χ4n) is 2.02. The molecule has 2 N–H and O–H groups in total. The first kappa shape index (κ1) is 12.9. The zero-order valence-electron chi connectivity index (χ0n) is 10.3. The fraction of sp³-hybridized carbons (Fsp3) is 0. The summed E-state index contributed by atoms with van der Waals surface area (Å²) in [5.41, 5.74) is 8.01. The molecular weight excluding hydrogens is 323 g/mol. The van der Waals surface area contributed by atoms with E-state index in [-0.39, 0.29) is 11.6 Å². The Labute approximate surface area is 123 Å². The highest BCUT2D eigenvalue weighted by Gasteiger charge is 2.18. The Morgan fingerprint density at radius 1 is 1.05 bits per heavy atom. The molecule has 1 aromatic heterocycles. The van der Waals surface area contributed by atoms with Crippen LogP contribution in [0.4, 0.5) is 10.2 Å². The van der Waals surface area contributed by atoms with Crippen LogP contribution >= 0.6 is 15.9 Å². The van der Waals surface area contributed by atoms with Crippen LogP contribution in [-0.4, -0.2) is 5.16 Å². The molecule has 3 rings (SSSR count). The first-order valence-electron chi connectivity index (χ1n) is 5.93. The van der Waals surface area contributed by atoms with Gasteiger partial charge in [-0.2, -0.15) is 0 Å². The molecule has 0 aliphatic rings. The first-order valence-corrected chi connectivity index (χ1v) is 6.72. The van der Waals surface area contributed by atoms with Crippen LogP contribution in [0.5, 0.6) is 0 Å². The minimum absolute atomic E-state index is 0.287. The van der Waals surface area contributed by atoms with Crippen LogP contribution < -0.4 is 5.73 Å². The second-order valence-electron chi connectivity index (χ2n) is 4.27. The lowest BCUT2D eigenvalue weighted by molar-refractivity contribution is 0.436. The molecule has 100 valence electrons. The summed E-state index contributed by atoms with van der Waals surface area (Å²) in [5, 5.41) is 3.79. The van der Waals surface area contributed by atoms with Crippen LogP contribution in [0.3, 0.4) is 0 Å². The van der Waals surface area contributed by atoms with Gasteiger partial charge in [-0.25, -0.2) is 4.39 Å². The van der Waals surface area contributed by atoms with E-state index in [9.17, 15) is 4.39 Å². The van der Waals surface area contributed by atoms with Crippen molar-refractivity contribution in [2.24, 2.45) is 0 Å². The minimum atomic E-state index is -0.364. The van der Waals surface area contributed by atoms with Gasteiger partial charge in [0.25, 0.3) is 0 Å².